The number of hydrogen-bond donors (Lipinski definition) is 0. The summed E-state index contributed by atoms with van der Waals surface area (Å²) in [5.74, 6) is 0. The van der Waals surface area contributed by atoms with Crippen molar-refractivity contribution in [3.63, 3.8) is 0 Å². The van der Waals surface area contributed by atoms with Gasteiger partial charge >= 0.3 is 0 Å². The van der Waals surface area contributed by atoms with Crippen LogP contribution < -0.4 is 4.90 Å². The van der Waals surface area contributed by atoms with Gasteiger partial charge in [-0.15, -0.1) is 0 Å². The fourth-order valence-corrected chi connectivity index (χ4v) is 10.8. The molecule has 0 N–H and O–H groups in total. The van der Waals surface area contributed by atoms with Crippen molar-refractivity contribution in [1.29, 1.82) is 0 Å². The molecular formula is C63H44N2O. The van der Waals surface area contributed by atoms with E-state index in [-0.39, 0.29) is 5.41 Å². The summed E-state index contributed by atoms with van der Waals surface area (Å²) in [6, 6.07) is 83.7. The average Bonchev–Trinajstić information content (AvgIpc) is 4.00. The number of rotatable bonds is 7. The minimum atomic E-state index is -0.115. The van der Waals surface area contributed by atoms with Crippen LogP contribution in [-0.2, 0) is 5.41 Å². The van der Waals surface area contributed by atoms with E-state index in [1.54, 1.807) is 0 Å². The van der Waals surface area contributed by atoms with Gasteiger partial charge in [0.05, 0.1) is 16.7 Å². The van der Waals surface area contributed by atoms with E-state index in [1.807, 2.05) is 0 Å². The normalized spacial score (nSPS) is 12.8. The Hall–Kier alpha value is -8.40. The predicted molar refractivity (Wildman–Crippen MR) is 277 cm³/mol. The fourth-order valence-electron chi connectivity index (χ4n) is 10.8. The number of furan rings is 1. The molecule has 0 saturated heterocycles. The Morgan fingerprint density at radius 3 is 1.76 bits per heavy atom. The van der Waals surface area contributed by atoms with E-state index in [0.29, 0.717) is 0 Å². The van der Waals surface area contributed by atoms with Crippen LogP contribution in [0.15, 0.2) is 235 Å². The third-order valence-corrected chi connectivity index (χ3v) is 14.0. The van der Waals surface area contributed by atoms with E-state index >= 15 is 0 Å². The van der Waals surface area contributed by atoms with E-state index in [1.165, 1.54) is 66.4 Å². The second-order valence-corrected chi connectivity index (χ2v) is 18.1. The molecule has 0 radical (unpaired) electrons. The first-order valence-electron chi connectivity index (χ1n) is 22.8. The topological polar surface area (TPSA) is 21.3 Å². The van der Waals surface area contributed by atoms with Gasteiger partial charge in [0.15, 0.2) is 0 Å². The number of benzene rings is 10. The quantitative estimate of drug-likeness (QED) is 0.159. The standard InChI is InChI=1S/C63H44N2O/c1-63(2)54-22-11-9-20-51(54)62-55(63)23-14-25-58(62)64(47-33-27-42(28-34-47)41-15-5-3-6-16-41)48-35-29-43(30-36-48)49-21-13-26-60-61(49)53-40-45(32-38-59(53)66-60)44-31-37-57-52(39-44)50-19-10-12-24-56(50)65(57)46-17-7-4-8-18-46/h3-40H,1-2H3. The van der Waals surface area contributed by atoms with Crippen LogP contribution in [0.2, 0.25) is 0 Å². The molecule has 1 aliphatic rings. The Morgan fingerprint density at radius 2 is 0.970 bits per heavy atom. The molecule has 0 amide bonds. The SMILES string of the molecule is CC1(C)c2ccccc2-c2c(N(c3ccc(-c4ccccc4)cc3)c3ccc(-c4cccc5oc6ccc(-c7ccc8c(c7)c7ccccc7n8-c7ccccc7)cc6c45)cc3)cccc21. The lowest BCUT2D eigenvalue weighted by Gasteiger charge is -2.29. The molecule has 2 heterocycles. The molecule has 66 heavy (non-hydrogen) atoms. The molecule has 3 nitrogen and oxygen atoms in total. The molecule has 0 fully saturated rings. The number of aromatic nitrogens is 1. The lowest BCUT2D eigenvalue weighted by Crippen LogP contribution is -2.16. The third-order valence-electron chi connectivity index (χ3n) is 14.0. The van der Waals surface area contributed by atoms with Crippen molar-refractivity contribution in [2.45, 2.75) is 19.3 Å². The van der Waals surface area contributed by atoms with Crippen LogP contribution in [0.4, 0.5) is 17.1 Å². The maximum Gasteiger partial charge on any atom is 0.136 e. The van der Waals surface area contributed by atoms with Crippen molar-refractivity contribution < 1.29 is 4.42 Å². The van der Waals surface area contributed by atoms with Gasteiger partial charge in [-0.05, 0) is 129 Å². The summed E-state index contributed by atoms with van der Waals surface area (Å²) in [5, 5.41) is 4.71. The van der Waals surface area contributed by atoms with Crippen molar-refractivity contribution in [3.8, 4) is 50.2 Å². The molecule has 0 spiro atoms. The minimum absolute atomic E-state index is 0.115. The molecule has 312 valence electrons. The summed E-state index contributed by atoms with van der Waals surface area (Å²) >= 11 is 0. The highest BCUT2D eigenvalue weighted by Gasteiger charge is 2.37. The first kappa shape index (κ1) is 38.1. The number of anilines is 3. The summed E-state index contributed by atoms with van der Waals surface area (Å²) in [4.78, 5) is 2.43. The minimum Gasteiger partial charge on any atom is -0.456 e. The number of para-hydroxylation sites is 2. The van der Waals surface area contributed by atoms with Gasteiger partial charge in [-0.25, -0.2) is 0 Å². The molecule has 12 aromatic rings. The Balaban J connectivity index is 0.923. The molecule has 0 aliphatic heterocycles. The van der Waals surface area contributed by atoms with Crippen molar-refractivity contribution >= 4 is 60.8 Å². The van der Waals surface area contributed by atoms with E-state index in [2.05, 4.69) is 254 Å². The summed E-state index contributed by atoms with van der Waals surface area (Å²) in [5.41, 5.74) is 20.9. The van der Waals surface area contributed by atoms with Gasteiger partial charge in [0, 0.05) is 49.6 Å². The predicted octanol–water partition coefficient (Wildman–Crippen LogP) is 17.5. The smallest absolute Gasteiger partial charge is 0.136 e. The second-order valence-electron chi connectivity index (χ2n) is 18.1. The van der Waals surface area contributed by atoms with Crippen LogP contribution in [0.3, 0.4) is 0 Å². The van der Waals surface area contributed by atoms with Crippen molar-refractivity contribution in [3.05, 3.63) is 242 Å². The second kappa shape index (κ2) is 14.8. The largest absolute Gasteiger partial charge is 0.456 e. The molecule has 0 unspecified atom stereocenters. The Kier molecular flexibility index (Phi) is 8.56. The molecule has 0 bridgehead atoms. The van der Waals surface area contributed by atoms with Gasteiger partial charge in [-0.1, -0.05) is 166 Å². The highest BCUT2D eigenvalue weighted by Crippen LogP contribution is 2.54. The van der Waals surface area contributed by atoms with Crippen molar-refractivity contribution in [2.75, 3.05) is 4.90 Å². The fraction of sp³-hybridized carbons (Fsp3) is 0.0476. The molecule has 0 atom stereocenters. The summed E-state index contributed by atoms with van der Waals surface area (Å²) in [6.45, 7) is 4.70. The van der Waals surface area contributed by atoms with Crippen LogP contribution in [0.5, 0.6) is 0 Å². The molecule has 2 aromatic heterocycles. The van der Waals surface area contributed by atoms with Gasteiger partial charge in [0.1, 0.15) is 11.2 Å². The maximum atomic E-state index is 6.58. The molecule has 10 aromatic carbocycles. The zero-order chi connectivity index (χ0) is 43.9. The van der Waals surface area contributed by atoms with Gasteiger partial charge in [0.2, 0.25) is 0 Å². The molecule has 0 saturated carbocycles. The Morgan fingerprint density at radius 1 is 0.394 bits per heavy atom. The van der Waals surface area contributed by atoms with Crippen LogP contribution in [0.1, 0.15) is 25.0 Å². The molecule has 1 aliphatic carbocycles. The van der Waals surface area contributed by atoms with Gasteiger partial charge in [-0.2, -0.15) is 0 Å². The van der Waals surface area contributed by atoms with Crippen LogP contribution in [-0.4, -0.2) is 4.57 Å². The van der Waals surface area contributed by atoms with E-state index in [9.17, 15) is 0 Å². The van der Waals surface area contributed by atoms with E-state index in [4.69, 9.17) is 4.42 Å². The Labute approximate surface area is 384 Å². The lowest BCUT2D eigenvalue weighted by atomic mass is 9.82. The highest BCUT2D eigenvalue weighted by molar-refractivity contribution is 6.14. The van der Waals surface area contributed by atoms with Gasteiger partial charge in [0.25, 0.3) is 0 Å². The van der Waals surface area contributed by atoms with E-state index in [0.717, 1.165) is 55.7 Å². The first-order valence-corrected chi connectivity index (χ1v) is 22.8. The van der Waals surface area contributed by atoms with E-state index < -0.39 is 0 Å². The zero-order valence-corrected chi connectivity index (χ0v) is 36.7. The monoisotopic (exact) mass is 844 g/mol. The third kappa shape index (κ3) is 5.90. The molecular weight excluding hydrogens is 801 g/mol. The van der Waals surface area contributed by atoms with Crippen molar-refractivity contribution in [1.82, 2.24) is 4.57 Å². The molecule has 3 heteroatoms. The zero-order valence-electron chi connectivity index (χ0n) is 36.7. The lowest BCUT2D eigenvalue weighted by molar-refractivity contribution is 0.660. The highest BCUT2D eigenvalue weighted by atomic mass is 16.3. The number of fused-ring (bicyclic) bond motifs is 9. The summed E-state index contributed by atoms with van der Waals surface area (Å²) in [6.07, 6.45) is 0. The van der Waals surface area contributed by atoms with Crippen LogP contribution >= 0.6 is 0 Å². The van der Waals surface area contributed by atoms with Crippen LogP contribution in [0.25, 0.3) is 93.9 Å². The number of hydrogen-bond acceptors (Lipinski definition) is 2. The first-order chi connectivity index (χ1) is 32.5. The molecule has 13 rings (SSSR count). The van der Waals surface area contributed by atoms with Crippen LogP contribution in [0, 0.1) is 0 Å². The average molecular weight is 845 g/mol. The summed E-state index contributed by atoms with van der Waals surface area (Å²) in [7, 11) is 0. The Bertz CT molecular complexity index is 3820. The summed E-state index contributed by atoms with van der Waals surface area (Å²) < 4.78 is 8.95. The van der Waals surface area contributed by atoms with Gasteiger partial charge < -0.3 is 13.9 Å². The number of nitrogens with zero attached hydrogens (tertiary/aromatic N) is 2. The van der Waals surface area contributed by atoms with Gasteiger partial charge in [-0.3, -0.25) is 0 Å². The maximum absolute atomic E-state index is 6.58. The van der Waals surface area contributed by atoms with Crippen molar-refractivity contribution in [2.24, 2.45) is 0 Å².